The number of nitrogens with zero attached hydrogens (tertiary/aromatic N) is 4. The van der Waals surface area contributed by atoms with Crippen molar-refractivity contribution in [2.45, 2.75) is 6.54 Å². The topological polar surface area (TPSA) is 41.4 Å². The molecule has 4 rings (SSSR count). The number of hydrogen-bond donors (Lipinski definition) is 0. The predicted molar refractivity (Wildman–Crippen MR) is 100.0 cm³/mol. The molecule has 2 heterocycles. The summed E-state index contributed by atoms with van der Waals surface area (Å²) in [5, 5.41) is 6.15. The maximum atomic E-state index is 12.6. The number of carbonyl (C=O) groups is 1. The van der Waals surface area contributed by atoms with E-state index in [-0.39, 0.29) is 12.5 Å². The molecule has 1 amide bonds. The Labute approximate surface area is 151 Å². The van der Waals surface area contributed by atoms with Gasteiger partial charge in [0.25, 0.3) is 0 Å². The van der Waals surface area contributed by atoms with Crippen molar-refractivity contribution in [1.82, 2.24) is 14.7 Å². The quantitative estimate of drug-likeness (QED) is 0.726. The molecule has 128 valence electrons. The van der Waals surface area contributed by atoms with Crippen molar-refractivity contribution < 1.29 is 4.79 Å². The van der Waals surface area contributed by atoms with E-state index in [1.54, 1.807) is 10.9 Å². The number of carbonyl (C=O) groups excluding carboxylic acids is 1. The van der Waals surface area contributed by atoms with Crippen LogP contribution in [0.15, 0.2) is 54.7 Å². The summed E-state index contributed by atoms with van der Waals surface area (Å²) in [7, 11) is 0. The van der Waals surface area contributed by atoms with Crippen LogP contribution in [-0.4, -0.2) is 46.8 Å². The van der Waals surface area contributed by atoms with E-state index >= 15 is 0 Å². The summed E-state index contributed by atoms with van der Waals surface area (Å²) in [4.78, 5) is 16.8. The minimum atomic E-state index is 0.115. The Morgan fingerprint density at radius 3 is 2.48 bits per heavy atom. The van der Waals surface area contributed by atoms with E-state index in [9.17, 15) is 4.79 Å². The van der Waals surface area contributed by atoms with Crippen LogP contribution in [0.1, 0.15) is 0 Å². The van der Waals surface area contributed by atoms with Gasteiger partial charge in [-0.25, -0.2) is 0 Å². The Morgan fingerprint density at radius 1 is 1.00 bits per heavy atom. The van der Waals surface area contributed by atoms with Crippen LogP contribution in [0.4, 0.5) is 5.69 Å². The molecule has 2 aromatic carbocycles. The predicted octanol–water partition coefficient (Wildman–Crippen LogP) is 3.04. The van der Waals surface area contributed by atoms with Gasteiger partial charge in [-0.15, -0.1) is 0 Å². The minimum Gasteiger partial charge on any atom is -0.368 e. The first-order chi connectivity index (χ1) is 12.2. The maximum Gasteiger partial charge on any atom is 0.244 e. The van der Waals surface area contributed by atoms with Crippen LogP contribution in [0, 0.1) is 0 Å². The first-order valence-electron chi connectivity index (χ1n) is 8.39. The van der Waals surface area contributed by atoms with Crippen LogP contribution in [0.25, 0.3) is 10.9 Å². The summed E-state index contributed by atoms with van der Waals surface area (Å²) in [6.07, 6.45) is 1.81. The molecule has 6 heteroatoms. The van der Waals surface area contributed by atoms with Crippen molar-refractivity contribution in [3.8, 4) is 0 Å². The molecule has 0 saturated carbocycles. The van der Waals surface area contributed by atoms with Gasteiger partial charge in [0.1, 0.15) is 6.54 Å². The number of fused-ring (bicyclic) bond motifs is 1. The molecule has 0 unspecified atom stereocenters. The number of hydrogen-bond acceptors (Lipinski definition) is 3. The van der Waals surface area contributed by atoms with E-state index in [2.05, 4.69) is 10.00 Å². The second-order valence-electron chi connectivity index (χ2n) is 6.21. The monoisotopic (exact) mass is 354 g/mol. The van der Waals surface area contributed by atoms with Crippen molar-refractivity contribution in [3.63, 3.8) is 0 Å². The second-order valence-corrected chi connectivity index (χ2v) is 6.64. The van der Waals surface area contributed by atoms with Gasteiger partial charge in [-0.3, -0.25) is 9.48 Å². The van der Waals surface area contributed by atoms with Crippen molar-refractivity contribution in [3.05, 3.63) is 59.8 Å². The zero-order valence-corrected chi connectivity index (χ0v) is 14.6. The molecule has 0 radical (unpaired) electrons. The van der Waals surface area contributed by atoms with Crippen LogP contribution < -0.4 is 4.90 Å². The molecule has 0 bridgehead atoms. The highest BCUT2D eigenvalue weighted by Gasteiger charge is 2.22. The average molecular weight is 355 g/mol. The standard InChI is InChI=1S/C19H19ClN4O/c20-16-5-7-17(8-6-16)22-9-11-23(12-10-22)19(25)14-24-18-4-2-1-3-15(18)13-21-24/h1-8,13H,9-12,14H2. The van der Waals surface area contributed by atoms with Gasteiger partial charge in [-0.05, 0) is 30.3 Å². The summed E-state index contributed by atoms with van der Waals surface area (Å²) in [5.41, 5.74) is 2.14. The molecule has 1 aliphatic rings. The summed E-state index contributed by atoms with van der Waals surface area (Å²) in [5.74, 6) is 0.115. The van der Waals surface area contributed by atoms with E-state index in [1.165, 1.54) is 0 Å². The van der Waals surface area contributed by atoms with E-state index in [1.807, 2.05) is 53.4 Å². The molecule has 25 heavy (non-hydrogen) atoms. The molecule has 3 aromatic rings. The molecule has 1 aliphatic heterocycles. The van der Waals surface area contributed by atoms with Gasteiger partial charge in [-0.2, -0.15) is 5.10 Å². The van der Waals surface area contributed by atoms with Crippen LogP contribution in [-0.2, 0) is 11.3 Å². The third-order valence-corrected chi connectivity index (χ3v) is 4.91. The lowest BCUT2D eigenvalue weighted by Crippen LogP contribution is -2.49. The van der Waals surface area contributed by atoms with Gasteiger partial charge in [0, 0.05) is 42.3 Å². The molecule has 0 spiro atoms. The van der Waals surface area contributed by atoms with E-state index in [4.69, 9.17) is 11.6 Å². The van der Waals surface area contributed by atoms with Gasteiger partial charge < -0.3 is 9.80 Å². The molecular weight excluding hydrogens is 336 g/mol. The highest BCUT2D eigenvalue weighted by atomic mass is 35.5. The van der Waals surface area contributed by atoms with Crippen molar-refractivity contribution in [2.75, 3.05) is 31.1 Å². The third-order valence-electron chi connectivity index (χ3n) is 4.66. The summed E-state index contributed by atoms with van der Waals surface area (Å²) < 4.78 is 1.78. The average Bonchev–Trinajstić information content (AvgIpc) is 3.06. The highest BCUT2D eigenvalue weighted by Crippen LogP contribution is 2.20. The van der Waals surface area contributed by atoms with Crippen LogP contribution in [0.2, 0.25) is 5.02 Å². The van der Waals surface area contributed by atoms with Gasteiger partial charge in [0.15, 0.2) is 0 Å². The van der Waals surface area contributed by atoms with E-state index in [0.29, 0.717) is 0 Å². The molecule has 5 nitrogen and oxygen atoms in total. The fourth-order valence-electron chi connectivity index (χ4n) is 3.25. The van der Waals surface area contributed by atoms with Crippen LogP contribution in [0.3, 0.4) is 0 Å². The molecular formula is C19H19ClN4O. The minimum absolute atomic E-state index is 0.115. The first kappa shape index (κ1) is 16.0. The number of halogens is 1. The SMILES string of the molecule is O=C(Cn1ncc2ccccc21)N1CCN(c2ccc(Cl)cc2)CC1. The van der Waals surface area contributed by atoms with E-state index < -0.39 is 0 Å². The maximum absolute atomic E-state index is 12.6. The zero-order chi connectivity index (χ0) is 17.2. The number of piperazine rings is 1. The van der Waals surface area contributed by atoms with E-state index in [0.717, 1.165) is 47.8 Å². The van der Waals surface area contributed by atoms with Crippen LogP contribution in [0.5, 0.6) is 0 Å². The highest BCUT2D eigenvalue weighted by molar-refractivity contribution is 6.30. The van der Waals surface area contributed by atoms with Crippen molar-refractivity contribution in [2.24, 2.45) is 0 Å². The lowest BCUT2D eigenvalue weighted by Gasteiger charge is -2.36. The number of anilines is 1. The number of benzene rings is 2. The van der Waals surface area contributed by atoms with Crippen molar-refractivity contribution >= 4 is 34.1 Å². The van der Waals surface area contributed by atoms with Gasteiger partial charge in [-0.1, -0.05) is 29.8 Å². The zero-order valence-electron chi connectivity index (χ0n) is 13.8. The molecule has 1 fully saturated rings. The summed E-state index contributed by atoms with van der Waals surface area (Å²) in [6.45, 7) is 3.39. The molecule has 1 aromatic heterocycles. The second kappa shape index (κ2) is 6.76. The Hall–Kier alpha value is -2.53. The number of rotatable bonds is 3. The van der Waals surface area contributed by atoms with Crippen molar-refractivity contribution in [1.29, 1.82) is 0 Å². The molecule has 1 saturated heterocycles. The molecule has 0 atom stereocenters. The molecule has 0 N–H and O–H groups in total. The van der Waals surface area contributed by atoms with Gasteiger partial charge >= 0.3 is 0 Å². The fourth-order valence-corrected chi connectivity index (χ4v) is 3.37. The normalized spacial score (nSPS) is 14.9. The Kier molecular flexibility index (Phi) is 4.32. The van der Waals surface area contributed by atoms with Gasteiger partial charge in [0.05, 0.1) is 11.7 Å². The van der Waals surface area contributed by atoms with Gasteiger partial charge in [0.2, 0.25) is 5.91 Å². The number of amides is 1. The third kappa shape index (κ3) is 3.33. The molecule has 0 aliphatic carbocycles. The fraction of sp³-hybridized carbons (Fsp3) is 0.263. The Morgan fingerprint density at radius 2 is 1.72 bits per heavy atom. The Balaban J connectivity index is 1.39. The van der Waals surface area contributed by atoms with Crippen LogP contribution >= 0.6 is 11.6 Å². The summed E-state index contributed by atoms with van der Waals surface area (Å²) >= 11 is 5.94. The summed E-state index contributed by atoms with van der Waals surface area (Å²) in [6, 6.07) is 15.8. The number of aromatic nitrogens is 2. The Bertz CT molecular complexity index is 882. The lowest BCUT2D eigenvalue weighted by molar-refractivity contribution is -0.132. The number of para-hydroxylation sites is 1. The first-order valence-corrected chi connectivity index (χ1v) is 8.77. The lowest BCUT2D eigenvalue weighted by atomic mass is 10.2. The smallest absolute Gasteiger partial charge is 0.244 e. The largest absolute Gasteiger partial charge is 0.368 e.